The van der Waals surface area contributed by atoms with Crippen molar-refractivity contribution in [3.63, 3.8) is 0 Å². The molecule has 0 aliphatic rings. The first-order valence-electron chi connectivity index (χ1n) is 5.72. The summed E-state index contributed by atoms with van der Waals surface area (Å²) >= 11 is 9.27. The number of aryl methyl sites for hydroxylation is 1. The van der Waals surface area contributed by atoms with Crippen LogP contribution in [0.5, 0.6) is 5.75 Å². The highest BCUT2D eigenvalue weighted by molar-refractivity contribution is 9.10. The summed E-state index contributed by atoms with van der Waals surface area (Å²) < 4.78 is 6.73. The Morgan fingerprint density at radius 2 is 1.94 bits per heavy atom. The van der Waals surface area contributed by atoms with E-state index in [0.717, 1.165) is 15.8 Å². The number of alkyl halides is 1. The monoisotopic (exact) mass is 324 g/mol. The van der Waals surface area contributed by atoms with E-state index in [0.29, 0.717) is 12.5 Å². The third kappa shape index (κ3) is 3.50. The second-order valence-electron chi connectivity index (χ2n) is 4.18. The van der Waals surface area contributed by atoms with Crippen LogP contribution in [0.3, 0.4) is 0 Å². The van der Waals surface area contributed by atoms with Gasteiger partial charge >= 0.3 is 0 Å². The van der Waals surface area contributed by atoms with E-state index in [1.807, 2.05) is 24.3 Å². The Balaban J connectivity index is 2.06. The second kappa shape index (κ2) is 6.26. The van der Waals surface area contributed by atoms with Crippen molar-refractivity contribution in [2.75, 3.05) is 0 Å². The van der Waals surface area contributed by atoms with Crippen molar-refractivity contribution < 1.29 is 4.74 Å². The van der Waals surface area contributed by atoms with E-state index in [-0.39, 0.29) is 0 Å². The highest BCUT2D eigenvalue weighted by Gasteiger charge is 2.03. The third-order valence-corrected chi connectivity index (χ3v) is 3.56. The first-order valence-corrected chi connectivity index (χ1v) is 7.04. The molecule has 94 valence electrons. The van der Waals surface area contributed by atoms with E-state index in [9.17, 15) is 0 Å². The summed E-state index contributed by atoms with van der Waals surface area (Å²) in [4.78, 5) is 0. The molecule has 0 spiro atoms. The van der Waals surface area contributed by atoms with E-state index in [1.165, 1.54) is 11.1 Å². The van der Waals surface area contributed by atoms with Gasteiger partial charge in [0.2, 0.25) is 0 Å². The molecule has 0 saturated carbocycles. The molecule has 0 unspecified atom stereocenters. The predicted octanol–water partition coefficient (Wildman–Crippen LogP) is 5.08. The van der Waals surface area contributed by atoms with Crippen LogP contribution < -0.4 is 4.74 Å². The van der Waals surface area contributed by atoms with Crippen LogP contribution >= 0.6 is 27.5 Å². The zero-order valence-corrected chi connectivity index (χ0v) is 12.5. The lowest BCUT2D eigenvalue weighted by atomic mass is 10.1. The van der Waals surface area contributed by atoms with Crippen molar-refractivity contribution in [2.45, 2.75) is 19.4 Å². The minimum atomic E-state index is 0.511. The number of ether oxygens (including phenoxy) is 1. The smallest absolute Gasteiger partial charge is 0.134 e. The standard InChI is InChI=1S/C15H14BrClO/c1-11-3-2-4-13(7-11)10-18-15-6-5-12(9-17)8-14(15)16/h2-8H,9-10H2,1H3. The van der Waals surface area contributed by atoms with Crippen molar-refractivity contribution in [3.8, 4) is 5.75 Å². The van der Waals surface area contributed by atoms with E-state index in [2.05, 4.69) is 41.1 Å². The molecule has 1 nitrogen and oxygen atoms in total. The maximum atomic E-state index is 5.79. The molecule has 0 fully saturated rings. The van der Waals surface area contributed by atoms with Gasteiger partial charge in [0.15, 0.2) is 0 Å². The lowest BCUT2D eigenvalue weighted by molar-refractivity contribution is 0.304. The Labute approximate surface area is 121 Å². The molecule has 0 bridgehead atoms. The Morgan fingerprint density at radius 1 is 1.11 bits per heavy atom. The maximum Gasteiger partial charge on any atom is 0.134 e. The van der Waals surface area contributed by atoms with Crippen LogP contribution in [-0.4, -0.2) is 0 Å². The van der Waals surface area contributed by atoms with Crippen LogP contribution in [0, 0.1) is 6.92 Å². The summed E-state index contributed by atoms with van der Waals surface area (Å²) in [5.41, 5.74) is 3.49. The van der Waals surface area contributed by atoms with Gasteiger partial charge in [-0.2, -0.15) is 0 Å². The molecule has 3 heteroatoms. The van der Waals surface area contributed by atoms with Gasteiger partial charge in [-0.05, 0) is 46.1 Å². The van der Waals surface area contributed by atoms with E-state index in [4.69, 9.17) is 16.3 Å². The van der Waals surface area contributed by atoms with Crippen LogP contribution in [0.1, 0.15) is 16.7 Å². The van der Waals surface area contributed by atoms with E-state index >= 15 is 0 Å². The molecule has 2 aromatic rings. The molecule has 0 radical (unpaired) electrons. The van der Waals surface area contributed by atoms with Crippen LogP contribution in [0.15, 0.2) is 46.9 Å². The van der Waals surface area contributed by atoms with Gasteiger partial charge in [-0.3, -0.25) is 0 Å². The molecule has 0 aliphatic carbocycles. The molecule has 0 aromatic heterocycles. The third-order valence-electron chi connectivity index (χ3n) is 2.63. The van der Waals surface area contributed by atoms with Gasteiger partial charge in [-0.1, -0.05) is 35.9 Å². The maximum absolute atomic E-state index is 5.79. The normalized spacial score (nSPS) is 10.4. The fourth-order valence-electron chi connectivity index (χ4n) is 1.71. The minimum absolute atomic E-state index is 0.511. The van der Waals surface area contributed by atoms with Gasteiger partial charge < -0.3 is 4.74 Å². The molecule has 2 rings (SSSR count). The number of rotatable bonds is 4. The average Bonchev–Trinajstić information content (AvgIpc) is 2.37. The molecule has 0 atom stereocenters. The van der Waals surface area contributed by atoms with Gasteiger partial charge in [-0.25, -0.2) is 0 Å². The summed E-state index contributed by atoms with van der Waals surface area (Å²) in [5, 5.41) is 0. The predicted molar refractivity (Wildman–Crippen MR) is 79.2 cm³/mol. The highest BCUT2D eigenvalue weighted by atomic mass is 79.9. The first-order chi connectivity index (χ1) is 8.69. The van der Waals surface area contributed by atoms with Gasteiger partial charge in [0.05, 0.1) is 4.47 Å². The Morgan fingerprint density at radius 3 is 2.61 bits per heavy atom. The number of halogens is 2. The molecular formula is C15H14BrClO. The molecule has 2 aromatic carbocycles. The molecule has 0 N–H and O–H groups in total. The van der Waals surface area contributed by atoms with Crippen molar-refractivity contribution in [2.24, 2.45) is 0 Å². The number of hydrogen-bond acceptors (Lipinski definition) is 1. The topological polar surface area (TPSA) is 9.23 Å². The van der Waals surface area contributed by atoms with Gasteiger partial charge in [0.1, 0.15) is 12.4 Å². The zero-order valence-electron chi connectivity index (χ0n) is 10.1. The Bertz CT molecular complexity index is 540. The molecule has 0 saturated heterocycles. The Hall–Kier alpha value is -0.990. The van der Waals surface area contributed by atoms with Crippen LogP contribution in [0.25, 0.3) is 0 Å². The fraction of sp³-hybridized carbons (Fsp3) is 0.200. The molecular weight excluding hydrogens is 312 g/mol. The average molecular weight is 326 g/mol. The summed E-state index contributed by atoms with van der Waals surface area (Å²) in [6.45, 7) is 2.65. The second-order valence-corrected chi connectivity index (χ2v) is 5.30. The van der Waals surface area contributed by atoms with E-state index < -0.39 is 0 Å². The summed E-state index contributed by atoms with van der Waals surface area (Å²) in [6, 6.07) is 14.2. The van der Waals surface area contributed by atoms with Crippen molar-refractivity contribution >= 4 is 27.5 Å². The first kappa shape index (κ1) is 13.4. The SMILES string of the molecule is Cc1cccc(COc2ccc(CCl)cc2Br)c1. The molecule has 0 aliphatic heterocycles. The molecule has 0 heterocycles. The Kier molecular flexibility index (Phi) is 4.67. The highest BCUT2D eigenvalue weighted by Crippen LogP contribution is 2.27. The quantitative estimate of drug-likeness (QED) is 0.713. The van der Waals surface area contributed by atoms with Gasteiger partial charge in [0, 0.05) is 5.88 Å². The van der Waals surface area contributed by atoms with Crippen molar-refractivity contribution in [3.05, 3.63) is 63.6 Å². The van der Waals surface area contributed by atoms with Gasteiger partial charge in [0.25, 0.3) is 0 Å². The number of hydrogen-bond donors (Lipinski definition) is 0. The minimum Gasteiger partial charge on any atom is -0.488 e. The summed E-state index contributed by atoms with van der Waals surface area (Å²) in [7, 11) is 0. The van der Waals surface area contributed by atoms with E-state index in [1.54, 1.807) is 0 Å². The molecule has 18 heavy (non-hydrogen) atoms. The lowest BCUT2D eigenvalue weighted by Crippen LogP contribution is -1.96. The summed E-state index contributed by atoms with van der Waals surface area (Å²) in [6.07, 6.45) is 0. The zero-order chi connectivity index (χ0) is 13.0. The van der Waals surface area contributed by atoms with Crippen LogP contribution in [0.2, 0.25) is 0 Å². The van der Waals surface area contributed by atoms with Gasteiger partial charge in [-0.15, -0.1) is 11.6 Å². The largest absolute Gasteiger partial charge is 0.488 e. The number of benzene rings is 2. The summed E-state index contributed by atoms with van der Waals surface area (Å²) in [5.74, 6) is 1.35. The molecule has 0 amide bonds. The van der Waals surface area contributed by atoms with Crippen molar-refractivity contribution in [1.82, 2.24) is 0 Å². The van der Waals surface area contributed by atoms with Crippen LogP contribution in [0.4, 0.5) is 0 Å². The van der Waals surface area contributed by atoms with Crippen molar-refractivity contribution in [1.29, 1.82) is 0 Å². The lowest BCUT2D eigenvalue weighted by Gasteiger charge is -2.09. The van der Waals surface area contributed by atoms with Crippen LogP contribution in [-0.2, 0) is 12.5 Å². The fourth-order valence-corrected chi connectivity index (χ4v) is 2.41.